The number of nitrogens with zero attached hydrogens (tertiary/aromatic N) is 4. The van der Waals surface area contributed by atoms with Gasteiger partial charge >= 0.3 is 0 Å². The molecule has 1 N–H and O–H groups in total. The molecule has 0 bridgehead atoms. The topological polar surface area (TPSA) is 64.9 Å². The van der Waals surface area contributed by atoms with Gasteiger partial charge in [-0.05, 0) is 43.0 Å². The molecule has 0 unspecified atom stereocenters. The number of tetrazole rings is 1. The van der Waals surface area contributed by atoms with Crippen molar-refractivity contribution in [3.8, 4) is 0 Å². The van der Waals surface area contributed by atoms with E-state index in [9.17, 15) is 0 Å². The second-order valence-electron chi connectivity index (χ2n) is 5.27. The van der Waals surface area contributed by atoms with Crippen LogP contribution < -0.4 is 5.32 Å². The van der Waals surface area contributed by atoms with Crippen molar-refractivity contribution in [3.05, 3.63) is 5.82 Å². The molecule has 0 spiro atoms. The van der Waals surface area contributed by atoms with Gasteiger partial charge in [0.15, 0.2) is 5.82 Å². The predicted octanol–water partition coefficient (Wildman–Crippen LogP) is 0.451. The molecule has 1 aliphatic heterocycles. The van der Waals surface area contributed by atoms with Gasteiger partial charge in [-0.25, -0.2) is 4.68 Å². The Bertz CT molecular complexity index is 381. The maximum atomic E-state index is 5.41. The number of ether oxygens (including phenoxy) is 1. The summed E-state index contributed by atoms with van der Waals surface area (Å²) in [6.45, 7) is 4.58. The third-order valence-electron chi connectivity index (χ3n) is 3.74. The largest absolute Gasteiger partial charge is 0.381 e. The van der Waals surface area contributed by atoms with Gasteiger partial charge in [-0.1, -0.05) is 0 Å². The molecule has 6 nitrogen and oxygen atoms in total. The van der Waals surface area contributed by atoms with Crippen molar-refractivity contribution in [1.82, 2.24) is 25.5 Å². The summed E-state index contributed by atoms with van der Waals surface area (Å²) >= 11 is 0. The van der Waals surface area contributed by atoms with Gasteiger partial charge in [0.1, 0.15) is 0 Å². The first-order valence-electron chi connectivity index (χ1n) is 6.37. The van der Waals surface area contributed by atoms with Crippen LogP contribution in [0.2, 0.25) is 0 Å². The first-order chi connectivity index (χ1) is 8.28. The molecule has 1 saturated heterocycles. The average molecular weight is 237 g/mol. The Morgan fingerprint density at radius 1 is 1.41 bits per heavy atom. The van der Waals surface area contributed by atoms with Crippen LogP contribution in [0.3, 0.4) is 0 Å². The Labute approximate surface area is 101 Å². The van der Waals surface area contributed by atoms with E-state index in [1.54, 1.807) is 0 Å². The molecule has 94 valence electrons. The van der Waals surface area contributed by atoms with Gasteiger partial charge in [-0.2, -0.15) is 0 Å². The summed E-state index contributed by atoms with van der Waals surface area (Å²) < 4.78 is 7.40. The van der Waals surface area contributed by atoms with Crippen LogP contribution in [0.4, 0.5) is 0 Å². The summed E-state index contributed by atoms with van der Waals surface area (Å²) in [4.78, 5) is 0. The van der Waals surface area contributed by atoms with E-state index in [0.717, 1.165) is 38.4 Å². The highest BCUT2D eigenvalue weighted by Crippen LogP contribution is 2.28. The van der Waals surface area contributed by atoms with Crippen LogP contribution in [0.5, 0.6) is 0 Å². The third-order valence-corrected chi connectivity index (χ3v) is 3.74. The van der Waals surface area contributed by atoms with E-state index in [-0.39, 0.29) is 5.54 Å². The van der Waals surface area contributed by atoms with E-state index >= 15 is 0 Å². The molecule has 2 heterocycles. The normalized spacial score (nSPS) is 23.8. The van der Waals surface area contributed by atoms with Crippen molar-refractivity contribution in [2.45, 2.75) is 50.7 Å². The molecule has 2 fully saturated rings. The van der Waals surface area contributed by atoms with Crippen LogP contribution in [0.1, 0.15) is 38.4 Å². The lowest BCUT2D eigenvalue weighted by Gasteiger charge is -2.33. The zero-order valence-corrected chi connectivity index (χ0v) is 10.2. The molecule has 0 radical (unpaired) electrons. The molecular formula is C11H19N5O. The maximum Gasteiger partial charge on any atom is 0.165 e. The van der Waals surface area contributed by atoms with Crippen LogP contribution in [0, 0.1) is 0 Å². The summed E-state index contributed by atoms with van der Waals surface area (Å²) in [5.41, 5.74) is 0.0162. The van der Waals surface area contributed by atoms with Crippen molar-refractivity contribution in [2.75, 3.05) is 13.2 Å². The fourth-order valence-electron chi connectivity index (χ4n) is 2.28. The molecule has 0 aromatic carbocycles. The molecule has 2 aliphatic rings. The fourth-order valence-corrected chi connectivity index (χ4v) is 2.28. The van der Waals surface area contributed by atoms with Gasteiger partial charge in [0.2, 0.25) is 0 Å². The average Bonchev–Trinajstić information content (AvgIpc) is 3.04. The van der Waals surface area contributed by atoms with Crippen LogP contribution in [-0.2, 0) is 16.8 Å². The second kappa shape index (κ2) is 4.34. The summed E-state index contributed by atoms with van der Waals surface area (Å²) in [5.74, 6) is 0.946. The monoisotopic (exact) mass is 237 g/mol. The van der Waals surface area contributed by atoms with Crippen LogP contribution in [0.15, 0.2) is 0 Å². The van der Waals surface area contributed by atoms with Gasteiger partial charge in [0.05, 0.1) is 12.1 Å². The number of hydrogen-bond acceptors (Lipinski definition) is 5. The van der Waals surface area contributed by atoms with Gasteiger partial charge in [0.25, 0.3) is 0 Å². The highest BCUT2D eigenvalue weighted by molar-refractivity contribution is 4.93. The highest BCUT2D eigenvalue weighted by Gasteiger charge is 2.33. The molecule has 6 heteroatoms. The standard InChI is InChI=1S/C11H19N5O/c1-11(4-6-17-7-5-11)16-10(13-14-15-16)8-12-9-2-3-9/h9,12H,2-8H2,1H3. The maximum absolute atomic E-state index is 5.41. The molecule has 1 aromatic heterocycles. The Morgan fingerprint density at radius 2 is 2.18 bits per heavy atom. The van der Waals surface area contributed by atoms with E-state index in [0.29, 0.717) is 6.04 Å². The Balaban J connectivity index is 1.73. The minimum atomic E-state index is 0.0162. The quantitative estimate of drug-likeness (QED) is 0.823. The van der Waals surface area contributed by atoms with Crippen molar-refractivity contribution in [1.29, 1.82) is 0 Å². The fraction of sp³-hybridized carbons (Fsp3) is 0.909. The summed E-state index contributed by atoms with van der Waals surface area (Å²) in [6.07, 6.45) is 4.53. The first kappa shape index (κ1) is 11.1. The van der Waals surface area contributed by atoms with E-state index in [1.165, 1.54) is 12.8 Å². The molecule has 1 aromatic rings. The van der Waals surface area contributed by atoms with Crippen molar-refractivity contribution in [2.24, 2.45) is 0 Å². The molecule has 3 rings (SSSR count). The summed E-state index contributed by atoms with van der Waals surface area (Å²) in [6, 6.07) is 0.683. The van der Waals surface area contributed by atoms with E-state index in [1.807, 2.05) is 4.68 Å². The van der Waals surface area contributed by atoms with Crippen molar-refractivity contribution in [3.63, 3.8) is 0 Å². The van der Waals surface area contributed by atoms with E-state index < -0.39 is 0 Å². The predicted molar refractivity (Wildman–Crippen MR) is 61.4 cm³/mol. The number of rotatable bonds is 4. The zero-order valence-electron chi connectivity index (χ0n) is 10.2. The number of hydrogen-bond donors (Lipinski definition) is 1. The second-order valence-corrected chi connectivity index (χ2v) is 5.27. The van der Waals surface area contributed by atoms with Gasteiger partial charge in [-0.3, -0.25) is 0 Å². The lowest BCUT2D eigenvalue weighted by Crippen LogP contribution is -2.39. The van der Waals surface area contributed by atoms with E-state index in [4.69, 9.17) is 4.74 Å². The molecule has 1 aliphatic carbocycles. The van der Waals surface area contributed by atoms with Gasteiger partial charge < -0.3 is 10.1 Å². The Kier molecular flexibility index (Phi) is 2.84. The number of nitrogens with one attached hydrogen (secondary N) is 1. The molecular weight excluding hydrogens is 218 g/mol. The minimum Gasteiger partial charge on any atom is -0.381 e. The van der Waals surface area contributed by atoms with Crippen LogP contribution >= 0.6 is 0 Å². The highest BCUT2D eigenvalue weighted by atomic mass is 16.5. The molecule has 0 atom stereocenters. The number of aromatic nitrogens is 4. The van der Waals surface area contributed by atoms with E-state index in [2.05, 4.69) is 27.8 Å². The molecule has 1 saturated carbocycles. The van der Waals surface area contributed by atoms with Crippen molar-refractivity contribution < 1.29 is 4.74 Å². The van der Waals surface area contributed by atoms with Gasteiger partial charge in [0, 0.05) is 19.3 Å². The summed E-state index contributed by atoms with van der Waals surface area (Å²) in [5, 5.41) is 15.6. The molecule has 17 heavy (non-hydrogen) atoms. The van der Waals surface area contributed by atoms with Crippen molar-refractivity contribution >= 4 is 0 Å². The van der Waals surface area contributed by atoms with Gasteiger partial charge in [-0.15, -0.1) is 5.10 Å². The zero-order chi connectivity index (χ0) is 11.7. The van der Waals surface area contributed by atoms with Crippen LogP contribution in [-0.4, -0.2) is 39.5 Å². The smallest absolute Gasteiger partial charge is 0.165 e. The minimum absolute atomic E-state index is 0.0162. The SMILES string of the molecule is CC1(n2nnnc2CNC2CC2)CCOCC1. The Morgan fingerprint density at radius 3 is 2.88 bits per heavy atom. The third kappa shape index (κ3) is 2.32. The Hall–Kier alpha value is -1.01. The van der Waals surface area contributed by atoms with Crippen LogP contribution in [0.25, 0.3) is 0 Å². The first-order valence-corrected chi connectivity index (χ1v) is 6.37. The lowest BCUT2D eigenvalue weighted by molar-refractivity contribution is 0.0217. The molecule has 0 amide bonds. The summed E-state index contributed by atoms with van der Waals surface area (Å²) in [7, 11) is 0. The lowest BCUT2D eigenvalue weighted by atomic mass is 9.92.